The molecule has 0 saturated carbocycles. The number of aliphatic hydroxyl groups is 1. The van der Waals surface area contributed by atoms with Crippen molar-refractivity contribution < 1.29 is 23.1 Å². The zero-order chi connectivity index (χ0) is 25.7. The second-order valence-electron chi connectivity index (χ2n) is 8.88. The molecule has 0 aliphatic rings. The maximum Gasteiger partial charge on any atom is 0.305 e. The first-order chi connectivity index (χ1) is 16.7. The van der Waals surface area contributed by atoms with Gasteiger partial charge in [0.05, 0.1) is 23.9 Å². The zero-order valence-electron chi connectivity index (χ0n) is 21.2. The van der Waals surface area contributed by atoms with Crippen molar-refractivity contribution in [3.63, 3.8) is 0 Å². The Bertz CT molecular complexity index is 1030. The third-order valence-corrected chi connectivity index (χ3v) is 7.75. The number of carbonyl (C=O) groups is 1. The van der Waals surface area contributed by atoms with E-state index >= 15 is 0 Å². The van der Waals surface area contributed by atoms with Gasteiger partial charge in [-0.15, -0.1) is 0 Å². The number of esters is 1. The van der Waals surface area contributed by atoms with E-state index in [1.54, 1.807) is 24.3 Å². The van der Waals surface area contributed by atoms with E-state index in [9.17, 15) is 18.3 Å². The van der Waals surface area contributed by atoms with Crippen molar-refractivity contribution >= 4 is 33.6 Å². The number of aliphatic hydroxyl groups excluding tert-OH is 1. The fraction of sp³-hybridized carbons (Fsp3) is 0.464. The summed E-state index contributed by atoms with van der Waals surface area (Å²) in [6.07, 6.45) is 8.69. The number of unbranched alkanes of at least 4 members (excludes halogenated alkanes) is 3. The average Bonchev–Trinajstić information content (AvgIpc) is 2.86. The second-order valence-corrected chi connectivity index (χ2v) is 11.0. The average molecular weight is 502 g/mol. The molecule has 0 heterocycles. The smallest absolute Gasteiger partial charge is 0.305 e. The normalized spacial score (nSPS) is 12.6. The number of carbonyl (C=O) groups excluding carboxylic acids is 1. The van der Waals surface area contributed by atoms with Crippen LogP contribution in [0.25, 0.3) is 12.2 Å². The number of sulfone groups is 1. The van der Waals surface area contributed by atoms with E-state index in [2.05, 4.69) is 16.6 Å². The van der Waals surface area contributed by atoms with Crippen molar-refractivity contribution in [1.29, 1.82) is 0 Å². The van der Waals surface area contributed by atoms with E-state index in [1.165, 1.54) is 7.11 Å². The Labute approximate surface area is 210 Å². The van der Waals surface area contributed by atoms with Crippen molar-refractivity contribution in [3.8, 4) is 0 Å². The largest absolute Gasteiger partial charge is 0.469 e. The van der Waals surface area contributed by atoms with Gasteiger partial charge in [-0.2, -0.15) is 0 Å². The van der Waals surface area contributed by atoms with Crippen LogP contribution in [0.5, 0.6) is 0 Å². The molecule has 0 aliphatic heterocycles. The Morgan fingerprint density at radius 1 is 0.971 bits per heavy atom. The van der Waals surface area contributed by atoms with Crippen LogP contribution >= 0.6 is 0 Å². The van der Waals surface area contributed by atoms with Crippen molar-refractivity contribution in [1.82, 2.24) is 0 Å². The number of hydrogen-bond acceptors (Lipinski definition) is 6. The molecule has 6 nitrogen and oxygen atoms in total. The molecule has 0 spiro atoms. The molecule has 192 valence electrons. The van der Waals surface area contributed by atoms with E-state index in [0.717, 1.165) is 36.1 Å². The molecule has 0 saturated heterocycles. The summed E-state index contributed by atoms with van der Waals surface area (Å²) in [5, 5.41) is 10.1. The predicted molar refractivity (Wildman–Crippen MR) is 143 cm³/mol. The van der Waals surface area contributed by atoms with Gasteiger partial charge in [0.15, 0.2) is 9.84 Å². The lowest BCUT2D eigenvalue weighted by atomic mass is 10.1. The summed E-state index contributed by atoms with van der Waals surface area (Å²) >= 11 is 0. The number of likely N-dealkylation sites (N-methyl/N-ethyl adjacent to an activating group) is 1. The molecule has 1 N–H and O–H groups in total. The third-order valence-electron chi connectivity index (χ3n) is 5.94. The second kappa shape index (κ2) is 14.7. The van der Waals surface area contributed by atoms with Gasteiger partial charge in [0.25, 0.3) is 0 Å². The SMILES string of the molecule is CCCCC(O)CN(C)c1ccc(C=Cc2ccc(S(=O)(=O)CCCCCC(=O)OC)cc2)cc1. The maximum absolute atomic E-state index is 12.6. The van der Waals surface area contributed by atoms with Crippen molar-refractivity contribution in [2.45, 2.75) is 62.9 Å². The Balaban J connectivity index is 1.87. The molecule has 2 rings (SSSR count). The molecule has 0 bridgehead atoms. The molecule has 1 unspecified atom stereocenters. The fourth-order valence-electron chi connectivity index (χ4n) is 3.73. The molecular formula is C28H39NO5S. The summed E-state index contributed by atoms with van der Waals surface area (Å²) in [6.45, 7) is 2.73. The summed E-state index contributed by atoms with van der Waals surface area (Å²) in [4.78, 5) is 13.5. The fourth-order valence-corrected chi connectivity index (χ4v) is 5.10. The minimum Gasteiger partial charge on any atom is -0.469 e. The minimum absolute atomic E-state index is 0.0692. The van der Waals surface area contributed by atoms with Crippen LogP contribution in [0.1, 0.15) is 63.0 Å². The van der Waals surface area contributed by atoms with Gasteiger partial charge >= 0.3 is 5.97 Å². The molecule has 2 aromatic carbocycles. The van der Waals surface area contributed by atoms with Gasteiger partial charge in [-0.1, -0.05) is 62.6 Å². The highest BCUT2D eigenvalue weighted by Gasteiger charge is 2.14. The van der Waals surface area contributed by atoms with Crippen molar-refractivity contribution in [3.05, 3.63) is 59.7 Å². The van der Waals surface area contributed by atoms with E-state index in [-0.39, 0.29) is 17.8 Å². The Kier molecular flexibility index (Phi) is 12.0. The summed E-state index contributed by atoms with van der Waals surface area (Å²) in [7, 11) is -0.00500. The van der Waals surface area contributed by atoms with Gasteiger partial charge < -0.3 is 14.7 Å². The minimum atomic E-state index is -3.34. The number of ether oxygens (including phenoxy) is 1. The lowest BCUT2D eigenvalue weighted by Gasteiger charge is -2.22. The molecule has 0 radical (unpaired) electrons. The van der Waals surface area contributed by atoms with E-state index in [0.29, 0.717) is 37.1 Å². The lowest BCUT2D eigenvalue weighted by molar-refractivity contribution is -0.140. The summed E-state index contributed by atoms with van der Waals surface area (Å²) < 4.78 is 29.7. The molecule has 0 amide bonds. The Morgan fingerprint density at radius 2 is 1.57 bits per heavy atom. The lowest BCUT2D eigenvalue weighted by Crippen LogP contribution is -2.28. The molecule has 0 aliphatic carbocycles. The number of hydrogen-bond donors (Lipinski definition) is 1. The summed E-state index contributed by atoms with van der Waals surface area (Å²) in [5.41, 5.74) is 3.01. The highest BCUT2D eigenvalue weighted by atomic mass is 32.2. The monoisotopic (exact) mass is 501 g/mol. The molecule has 7 heteroatoms. The first kappa shape index (κ1) is 28.6. The van der Waals surface area contributed by atoms with Crippen LogP contribution in [0, 0.1) is 0 Å². The standard InChI is InChI=1S/C28H39NO5S/c1-4-5-9-26(30)22-29(2)25-17-13-23(14-18-25)11-12-24-15-19-27(20-16-24)35(32,33)21-8-6-7-10-28(31)34-3/h11-20,26,30H,4-10,21-22H2,1-3H3. The third kappa shape index (κ3) is 10.2. The number of anilines is 1. The van der Waals surface area contributed by atoms with Crippen molar-refractivity contribution in [2.75, 3.05) is 31.4 Å². The molecular weight excluding hydrogens is 462 g/mol. The van der Waals surface area contributed by atoms with Gasteiger partial charge in [-0.3, -0.25) is 4.79 Å². The Hall–Kier alpha value is -2.64. The van der Waals surface area contributed by atoms with Crippen LogP contribution in [0.3, 0.4) is 0 Å². The van der Waals surface area contributed by atoms with Gasteiger partial charge in [0.1, 0.15) is 0 Å². The molecule has 1 atom stereocenters. The van der Waals surface area contributed by atoms with Gasteiger partial charge in [-0.05, 0) is 54.7 Å². The summed E-state index contributed by atoms with van der Waals surface area (Å²) in [6, 6.07) is 15.0. The molecule has 0 aromatic heterocycles. The van der Waals surface area contributed by atoms with Crippen LogP contribution in [-0.2, 0) is 19.4 Å². The first-order valence-corrected chi connectivity index (χ1v) is 14.0. The van der Waals surface area contributed by atoms with E-state index < -0.39 is 9.84 Å². The molecule has 2 aromatic rings. The highest BCUT2D eigenvalue weighted by Crippen LogP contribution is 2.19. The number of benzene rings is 2. The maximum atomic E-state index is 12.6. The van der Waals surface area contributed by atoms with Crippen LogP contribution in [0.15, 0.2) is 53.4 Å². The number of rotatable bonds is 15. The van der Waals surface area contributed by atoms with Crippen molar-refractivity contribution in [2.24, 2.45) is 0 Å². The van der Waals surface area contributed by atoms with Gasteiger partial charge in [0.2, 0.25) is 0 Å². The van der Waals surface area contributed by atoms with Crippen LogP contribution in [0.4, 0.5) is 5.69 Å². The quantitative estimate of drug-likeness (QED) is 0.201. The highest BCUT2D eigenvalue weighted by molar-refractivity contribution is 7.91. The van der Waals surface area contributed by atoms with E-state index in [1.807, 2.05) is 43.5 Å². The van der Waals surface area contributed by atoms with Crippen LogP contribution < -0.4 is 4.90 Å². The first-order valence-electron chi connectivity index (χ1n) is 12.3. The predicted octanol–water partition coefficient (Wildman–Crippen LogP) is 5.35. The van der Waals surface area contributed by atoms with Crippen LogP contribution in [-0.4, -0.2) is 52.1 Å². The number of methoxy groups -OCH3 is 1. The number of nitrogens with zero attached hydrogens (tertiary/aromatic N) is 1. The zero-order valence-corrected chi connectivity index (χ0v) is 22.0. The van der Waals surface area contributed by atoms with Gasteiger partial charge in [-0.25, -0.2) is 8.42 Å². The molecule has 35 heavy (non-hydrogen) atoms. The Morgan fingerprint density at radius 3 is 2.14 bits per heavy atom. The van der Waals surface area contributed by atoms with Gasteiger partial charge in [0, 0.05) is 25.7 Å². The summed E-state index contributed by atoms with van der Waals surface area (Å²) in [5.74, 6) is -0.197. The van der Waals surface area contributed by atoms with Crippen LogP contribution in [0.2, 0.25) is 0 Å². The van der Waals surface area contributed by atoms with E-state index in [4.69, 9.17) is 0 Å². The topological polar surface area (TPSA) is 83.9 Å². The molecule has 0 fully saturated rings.